The van der Waals surface area contributed by atoms with Crippen LogP contribution in [-0.2, 0) is 18.2 Å². The second kappa shape index (κ2) is 5.59. The maximum absolute atomic E-state index is 5.76. The Morgan fingerprint density at radius 3 is 3.06 bits per heavy atom. The summed E-state index contributed by atoms with van der Waals surface area (Å²) in [4.78, 5) is 2.26. The summed E-state index contributed by atoms with van der Waals surface area (Å²) in [6.07, 6.45) is 2.85. The fourth-order valence-corrected chi connectivity index (χ4v) is 2.15. The van der Waals surface area contributed by atoms with Crippen LogP contribution in [-0.4, -0.2) is 53.6 Å². The Balaban J connectivity index is 1.95. The van der Waals surface area contributed by atoms with Crippen LogP contribution in [0.5, 0.6) is 0 Å². The number of morpholine rings is 1. The van der Waals surface area contributed by atoms with Crippen molar-refractivity contribution in [1.29, 1.82) is 0 Å². The molecule has 1 aromatic rings. The molecule has 0 radical (unpaired) electrons. The van der Waals surface area contributed by atoms with Gasteiger partial charge in [-0.3, -0.25) is 16.0 Å². The molecule has 2 atom stereocenters. The van der Waals surface area contributed by atoms with E-state index in [1.165, 1.54) is 0 Å². The maximum Gasteiger partial charge on any atom is 0.0872 e. The highest BCUT2D eigenvalue weighted by Crippen LogP contribution is 2.11. The summed E-state index contributed by atoms with van der Waals surface area (Å²) < 4.78 is 7.56. The number of likely N-dealkylation sites (N-methyl/N-ethyl adjacent to an activating group) is 1. The Morgan fingerprint density at radius 2 is 2.47 bits per heavy atom. The second-order valence-corrected chi connectivity index (χ2v) is 4.63. The van der Waals surface area contributed by atoms with Gasteiger partial charge in [0.2, 0.25) is 0 Å². The van der Waals surface area contributed by atoms with E-state index in [0.29, 0.717) is 0 Å². The molecule has 1 aliphatic rings. The standard InChI is InChI=1S/C11H21N5O/c1-15-5-6-17-11(8-15)10(13-12)7-9-3-4-16(2)14-9/h3-4,10-11,13H,5-8,12H2,1-2H3. The van der Waals surface area contributed by atoms with Gasteiger partial charge in [-0.2, -0.15) is 5.10 Å². The molecule has 0 saturated carbocycles. The minimum absolute atomic E-state index is 0.104. The molecule has 1 aliphatic heterocycles. The van der Waals surface area contributed by atoms with E-state index < -0.39 is 0 Å². The Morgan fingerprint density at radius 1 is 1.65 bits per heavy atom. The van der Waals surface area contributed by atoms with E-state index in [-0.39, 0.29) is 12.1 Å². The van der Waals surface area contributed by atoms with Gasteiger partial charge in [-0.15, -0.1) is 0 Å². The Bertz CT molecular complexity index is 353. The highest BCUT2D eigenvalue weighted by molar-refractivity contribution is 5.02. The van der Waals surface area contributed by atoms with Gasteiger partial charge in [0.15, 0.2) is 0 Å². The van der Waals surface area contributed by atoms with Crippen LogP contribution in [0.4, 0.5) is 0 Å². The number of ether oxygens (including phenoxy) is 1. The van der Waals surface area contributed by atoms with Crippen molar-refractivity contribution in [3.63, 3.8) is 0 Å². The molecule has 1 saturated heterocycles. The van der Waals surface area contributed by atoms with Gasteiger partial charge in [-0.25, -0.2) is 0 Å². The van der Waals surface area contributed by atoms with Gasteiger partial charge in [0.05, 0.1) is 24.4 Å². The van der Waals surface area contributed by atoms with Gasteiger partial charge >= 0.3 is 0 Å². The number of hydrazine groups is 1. The average molecular weight is 239 g/mol. The number of aromatic nitrogens is 2. The first kappa shape index (κ1) is 12.5. The van der Waals surface area contributed by atoms with Crippen molar-refractivity contribution in [3.8, 4) is 0 Å². The van der Waals surface area contributed by atoms with Crippen LogP contribution < -0.4 is 11.3 Å². The third-order valence-corrected chi connectivity index (χ3v) is 3.16. The highest BCUT2D eigenvalue weighted by atomic mass is 16.5. The van der Waals surface area contributed by atoms with E-state index >= 15 is 0 Å². The minimum atomic E-state index is 0.104. The Labute approximate surface area is 102 Å². The Hall–Kier alpha value is -0.950. The molecular formula is C11H21N5O. The van der Waals surface area contributed by atoms with Crippen molar-refractivity contribution in [2.75, 3.05) is 26.7 Å². The molecule has 2 unspecified atom stereocenters. The molecule has 0 bridgehead atoms. The van der Waals surface area contributed by atoms with Crippen LogP contribution in [0.3, 0.4) is 0 Å². The molecule has 3 N–H and O–H groups in total. The lowest BCUT2D eigenvalue weighted by Crippen LogP contribution is -2.54. The SMILES string of the molecule is CN1CCOC(C(Cc2ccn(C)n2)NN)C1. The summed E-state index contributed by atoms with van der Waals surface area (Å²) in [5, 5.41) is 4.36. The van der Waals surface area contributed by atoms with Crippen molar-refractivity contribution >= 4 is 0 Å². The van der Waals surface area contributed by atoms with Crippen LogP contribution in [0.1, 0.15) is 5.69 Å². The summed E-state index contributed by atoms with van der Waals surface area (Å²) in [6, 6.07) is 2.12. The number of aryl methyl sites for hydroxylation is 1. The van der Waals surface area contributed by atoms with Crippen LogP contribution in [0, 0.1) is 0 Å². The first-order valence-corrected chi connectivity index (χ1v) is 5.94. The summed E-state index contributed by atoms with van der Waals surface area (Å²) in [5.41, 5.74) is 3.88. The summed E-state index contributed by atoms with van der Waals surface area (Å²) in [6.45, 7) is 2.65. The number of nitrogens with two attached hydrogens (primary N) is 1. The summed E-state index contributed by atoms with van der Waals surface area (Å²) >= 11 is 0. The smallest absolute Gasteiger partial charge is 0.0872 e. The molecule has 6 heteroatoms. The van der Waals surface area contributed by atoms with Crippen LogP contribution in [0.2, 0.25) is 0 Å². The molecule has 0 aromatic carbocycles. The van der Waals surface area contributed by atoms with E-state index in [4.69, 9.17) is 10.6 Å². The van der Waals surface area contributed by atoms with Crippen LogP contribution >= 0.6 is 0 Å². The quantitative estimate of drug-likeness (QED) is 0.528. The summed E-state index contributed by atoms with van der Waals surface area (Å²) in [5.74, 6) is 5.62. The molecule has 17 heavy (non-hydrogen) atoms. The number of rotatable bonds is 4. The van der Waals surface area contributed by atoms with E-state index in [9.17, 15) is 0 Å². The van der Waals surface area contributed by atoms with Crippen LogP contribution in [0.25, 0.3) is 0 Å². The normalized spacial score (nSPS) is 23.8. The van der Waals surface area contributed by atoms with Gasteiger partial charge in [0.25, 0.3) is 0 Å². The molecule has 6 nitrogen and oxygen atoms in total. The lowest BCUT2D eigenvalue weighted by Gasteiger charge is -2.34. The molecule has 0 aliphatic carbocycles. The molecule has 2 heterocycles. The summed E-state index contributed by atoms with van der Waals surface area (Å²) in [7, 11) is 4.02. The average Bonchev–Trinajstić information content (AvgIpc) is 2.72. The largest absolute Gasteiger partial charge is 0.374 e. The molecule has 0 amide bonds. The molecule has 1 fully saturated rings. The van der Waals surface area contributed by atoms with Crippen molar-refractivity contribution < 1.29 is 4.74 Å². The number of nitrogens with zero attached hydrogens (tertiary/aromatic N) is 3. The fourth-order valence-electron chi connectivity index (χ4n) is 2.15. The van der Waals surface area contributed by atoms with Crippen LogP contribution in [0.15, 0.2) is 12.3 Å². The fraction of sp³-hybridized carbons (Fsp3) is 0.727. The van der Waals surface area contributed by atoms with Crippen molar-refractivity contribution in [2.24, 2.45) is 12.9 Å². The lowest BCUT2D eigenvalue weighted by molar-refractivity contribution is -0.0386. The van der Waals surface area contributed by atoms with Gasteiger partial charge in [-0.05, 0) is 13.1 Å². The van der Waals surface area contributed by atoms with Gasteiger partial charge < -0.3 is 9.64 Å². The Kier molecular flexibility index (Phi) is 4.11. The van der Waals surface area contributed by atoms with E-state index in [1.54, 1.807) is 4.68 Å². The number of hydrogen-bond acceptors (Lipinski definition) is 5. The number of nitrogens with one attached hydrogen (secondary N) is 1. The first-order valence-electron chi connectivity index (χ1n) is 5.94. The molecule has 0 spiro atoms. The zero-order chi connectivity index (χ0) is 12.3. The van der Waals surface area contributed by atoms with E-state index in [0.717, 1.165) is 31.8 Å². The topological polar surface area (TPSA) is 68.3 Å². The van der Waals surface area contributed by atoms with E-state index in [2.05, 4.69) is 22.5 Å². The first-order chi connectivity index (χ1) is 8.19. The monoisotopic (exact) mass is 239 g/mol. The zero-order valence-electron chi connectivity index (χ0n) is 10.5. The zero-order valence-corrected chi connectivity index (χ0v) is 10.5. The molecular weight excluding hydrogens is 218 g/mol. The van der Waals surface area contributed by atoms with Gasteiger partial charge in [-0.1, -0.05) is 0 Å². The molecule has 96 valence electrons. The maximum atomic E-state index is 5.76. The second-order valence-electron chi connectivity index (χ2n) is 4.63. The highest BCUT2D eigenvalue weighted by Gasteiger charge is 2.26. The number of hydrogen-bond donors (Lipinski definition) is 2. The lowest BCUT2D eigenvalue weighted by atomic mass is 10.0. The van der Waals surface area contributed by atoms with E-state index in [1.807, 2.05) is 19.3 Å². The predicted octanol–water partition coefficient (Wildman–Crippen LogP) is -0.875. The minimum Gasteiger partial charge on any atom is -0.374 e. The van der Waals surface area contributed by atoms with Crippen molar-refractivity contribution in [1.82, 2.24) is 20.1 Å². The van der Waals surface area contributed by atoms with Crippen molar-refractivity contribution in [2.45, 2.75) is 18.6 Å². The van der Waals surface area contributed by atoms with Crippen molar-refractivity contribution in [3.05, 3.63) is 18.0 Å². The molecule has 2 rings (SSSR count). The third kappa shape index (κ3) is 3.26. The van der Waals surface area contributed by atoms with Gasteiger partial charge in [0.1, 0.15) is 0 Å². The van der Waals surface area contributed by atoms with Gasteiger partial charge in [0, 0.05) is 32.8 Å². The molecule has 1 aromatic heterocycles. The predicted molar refractivity (Wildman–Crippen MR) is 65.3 cm³/mol. The third-order valence-electron chi connectivity index (χ3n) is 3.16.